The lowest BCUT2D eigenvalue weighted by Gasteiger charge is -2.38. The number of nitrogens with one attached hydrogen (secondary N) is 2. The van der Waals surface area contributed by atoms with Crippen LogP contribution >= 0.6 is 0 Å². The molecule has 3 heterocycles. The number of aromatic nitrogens is 2. The van der Waals surface area contributed by atoms with Crippen LogP contribution in [0.1, 0.15) is 59.4 Å². The first-order valence-electron chi connectivity index (χ1n) is 12.2. The number of fused-ring (bicyclic) bond motifs is 3. The molecular weight excluding hydrogens is 416 g/mol. The fourth-order valence-electron chi connectivity index (χ4n) is 5.32. The summed E-state index contributed by atoms with van der Waals surface area (Å²) in [5, 5.41) is 10.7. The van der Waals surface area contributed by atoms with Crippen molar-refractivity contribution in [2.45, 2.75) is 57.4 Å². The number of allylic oxidation sites excluding steroid dienone is 2. The van der Waals surface area contributed by atoms with Crippen molar-refractivity contribution in [3.63, 3.8) is 0 Å². The van der Waals surface area contributed by atoms with Gasteiger partial charge in [-0.1, -0.05) is 36.8 Å². The lowest BCUT2D eigenvalue weighted by molar-refractivity contribution is -0.124. The van der Waals surface area contributed by atoms with E-state index in [4.69, 9.17) is 4.74 Å². The summed E-state index contributed by atoms with van der Waals surface area (Å²) in [4.78, 5) is 28.0. The number of para-hydroxylation sites is 1. The van der Waals surface area contributed by atoms with Crippen LogP contribution in [-0.2, 0) is 24.1 Å². The smallest absolute Gasteiger partial charge is 0.274 e. The summed E-state index contributed by atoms with van der Waals surface area (Å²) in [7, 11) is 0. The van der Waals surface area contributed by atoms with Crippen molar-refractivity contribution in [1.29, 1.82) is 0 Å². The molecule has 3 aliphatic rings. The first-order valence-corrected chi connectivity index (χ1v) is 12.2. The zero-order chi connectivity index (χ0) is 22.6. The summed E-state index contributed by atoms with van der Waals surface area (Å²) < 4.78 is 5.80. The molecule has 2 aromatic rings. The maximum atomic E-state index is 13.4. The molecule has 0 spiro atoms. The first kappa shape index (κ1) is 21.7. The third-order valence-corrected chi connectivity index (χ3v) is 7.15. The molecule has 7 nitrogen and oxygen atoms in total. The highest BCUT2D eigenvalue weighted by molar-refractivity contribution is 5.94. The van der Waals surface area contributed by atoms with Crippen LogP contribution in [-0.4, -0.2) is 52.6 Å². The number of hydrogen-bond donors (Lipinski definition) is 2. The van der Waals surface area contributed by atoms with Gasteiger partial charge in [-0.2, -0.15) is 5.10 Å². The standard InChI is InChI=1S/C26H32N4O3/c31-24-17-33-23-13-7-6-9-18(23)8-4-5-10-19-16-30(15-14-21(19)27-24)26(32)25-20-11-2-1-3-12-22(20)28-29-25/h4-7,9,13,19,21H,1-3,8,10-12,14-17H2,(H,27,31)(H,28,29)/b5-4+/t19-,21+/m0/s1. The molecule has 1 aromatic carbocycles. The normalized spacial score (nSPS) is 24.5. The second-order valence-electron chi connectivity index (χ2n) is 9.37. The fourth-order valence-corrected chi connectivity index (χ4v) is 5.32. The monoisotopic (exact) mass is 448 g/mol. The molecule has 2 aliphatic heterocycles. The van der Waals surface area contributed by atoms with E-state index < -0.39 is 0 Å². The molecule has 2 N–H and O–H groups in total. The van der Waals surface area contributed by atoms with Gasteiger partial charge < -0.3 is 15.0 Å². The van der Waals surface area contributed by atoms with Crippen LogP contribution in [0.25, 0.3) is 0 Å². The van der Waals surface area contributed by atoms with Crippen molar-refractivity contribution >= 4 is 11.8 Å². The minimum atomic E-state index is -0.109. The topological polar surface area (TPSA) is 87.3 Å². The Bertz CT molecular complexity index is 1040. The quantitative estimate of drug-likeness (QED) is 0.518. The third kappa shape index (κ3) is 4.82. The van der Waals surface area contributed by atoms with Gasteiger partial charge in [-0.3, -0.25) is 14.7 Å². The summed E-state index contributed by atoms with van der Waals surface area (Å²) in [6.45, 7) is 1.24. The molecule has 2 amide bonds. The Labute approximate surface area is 194 Å². The summed E-state index contributed by atoms with van der Waals surface area (Å²) in [6.07, 6.45) is 12.0. The number of carbonyl (C=O) groups excluding carboxylic acids is 2. The number of amides is 2. The van der Waals surface area contributed by atoms with E-state index in [-0.39, 0.29) is 30.4 Å². The molecule has 174 valence electrons. The SMILES string of the molecule is O=C1COc2ccccc2C/C=C/C[C@H]2CN(C(=O)c3n[nH]c4c3CCCCC4)CC[C@H]2N1. The van der Waals surface area contributed by atoms with Crippen molar-refractivity contribution < 1.29 is 14.3 Å². The van der Waals surface area contributed by atoms with Gasteiger partial charge in [0, 0.05) is 36.3 Å². The van der Waals surface area contributed by atoms with Crippen LogP contribution in [0.5, 0.6) is 5.75 Å². The van der Waals surface area contributed by atoms with Crippen LogP contribution < -0.4 is 10.1 Å². The highest BCUT2D eigenvalue weighted by Crippen LogP contribution is 2.27. The Morgan fingerprint density at radius 2 is 2.00 bits per heavy atom. The number of carbonyl (C=O) groups is 2. The highest BCUT2D eigenvalue weighted by atomic mass is 16.5. The molecule has 1 fully saturated rings. The minimum Gasteiger partial charge on any atom is -0.483 e. The van der Waals surface area contributed by atoms with Gasteiger partial charge in [-0.25, -0.2) is 0 Å². The van der Waals surface area contributed by atoms with Gasteiger partial charge in [0.1, 0.15) is 5.75 Å². The van der Waals surface area contributed by atoms with E-state index >= 15 is 0 Å². The van der Waals surface area contributed by atoms with E-state index in [9.17, 15) is 9.59 Å². The third-order valence-electron chi connectivity index (χ3n) is 7.15. The average Bonchev–Trinajstić information content (AvgIpc) is 3.08. The number of ether oxygens (including phenoxy) is 1. The van der Waals surface area contributed by atoms with Gasteiger partial charge in [0.25, 0.3) is 11.8 Å². The number of nitrogens with zero attached hydrogens (tertiary/aromatic N) is 2. The number of likely N-dealkylation sites (tertiary alicyclic amines) is 1. The molecule has 1 saturated heterocycles. The molecule has 7 heteroatoms. The van der Waals surface area contributed by atoms with Gasteiger partial charge in [0.2, 0.25) is 0 Å². The average molecular weight is 449 g/mol. The number of piperidine rings is 1. The van der Waals surface area contributed by atoms with Crippen LogP contribution in [0.4, 0.5) is 0 Å². The summed E-state index contributed by atoms with van der Waals surface area (Å²) in [5.41, 5.74) is 3.91. The predicted octanol–water partition coefficient (Wildman–Crippen LogP) is 3.21. The van der Waals surface area contributed by atoms with E-state index in [2.05, 4.69) is 27.7 Å². The van der Waals surface area contributed by atoms with Crippen LogP contribution in [0, 0.1) is 5.92 Å². The highest BCUT2D eigenvalue weighted by Gasteiger charge is 2.34. The lowest BCUT2D eigenvalue weighted by atomic mass is 9.88. The van der Waals surface area contributed by atoms with Gasteiger partial charge in [0.05, 0.1) is 0 Å². The first-order chi connectivity index (χ1) is 16.2. The van der Waals surface area contributed by atoms with Crippen LogP contribution in [0.3, 0.4) is 0 Å². The Kier molecular flexibility index (Phi) is 6.46. The zero-order valence-corrected chi connectivity index (χ0v) is 19.0. The summed E-state index contributed by atoms with van der Waals surface area (Å²) >= 11 is 0. The number of benzene rings is 1. The molecule has 2 atom stereocenters. The molecule has 0 unspecified atom stereocenters. The molecular formula is C26H32N4O3. The van der Waals surface area contributed by atoms with Crippen molar-refractivity contribution in [3.8, 4) is 5.75 Å². The fraction of sp³-hybridized carbons (Fsp3) is 0.500. The van der Waals surface area contributed by atoms with Crippen molar-refractivity contribution in [2.24, 2.45) is 5.92 Å². The molecule has 1 aliphatic carbocycles. The maximum absolute atomic E-state index is 13.4. The Morgan fingerprint density at radius 3 is 2.94 bits per heavy atom. The second-order valence-corrected chi connectivity index (χ2v) is 9.37. The summed E-state index contributed by atoms with van der Waals surface area (Å²) in [6, 6.07) is 7.87. The van der Waals surface area contributed by atoms with Crippen LogP contribution in [0.2, 0.25) is 0 Å². The van der Waals surface area contributed by atoms with Crippen molar-refractivity contribution in [1.82, 2.24) is 20.4 Å². The largest absolute Gasteiger partial charge is 0.483 e. The predicted molar refractivity (Wildman–Crippen MR) is 125 cm³/mol. The number of rotatable bonds is 1. The Hall–Kier alpha value is -3.09. The molecule has 0 radical (unpaired) electrons. The summed E-state index contributed by atoms with van der Waals surface area (Å²) in [5.74, 6) is 0.830. The van der Waals surface area contributed by atoms with E-state index in [0.717, 1.165) is 67.5 Å². The minimum absolute atomic E-state index is 0.00595. The van der Waals surface area contributed by atoms with E-state index in [1.807, 2.05) is 29.2 Å². The maximum Gasteiger partial charge on any atom is 0.274 e. The Morgan fingerprint density at radius 1 is 1.12 bits per heavy atom. The van der Waals surface area contributed by atoms with Crippen molar-refractivity contribution in [2.75, 3.05) is 19.7 Å². The number of aromatic amines is 1. The molecule has 1 aromatic heterocycles. The second kappa shape index (κ2) is 9.81. The zero-order valence-electron chi connectivity index (χ0n) is 19.0. The molecule has 5 rings (SSSR count). The number of aryl methyl sites for hydroxylation is 1. The molecule has 0 saturated carbocycles. The lowest BCUT2D eigenvalue weighted by Crippen LogP contribution is -2.53. The molecule has 0 bridgehead atoms. The van der Waals surface area contributed by atoms with Gasteiger partial charge in [0.15, 0.2) is 12.3 Å². The Balaban J connectivity index is 1.31. The van der Waals surface area contributed by atoms with Gasteiger partial charge in [-0.05, 0) is 56.6 Å². The van der Waals surface area contributed by atoms with E-state index in [1.54, 1.807) is 0 Å². The van der Waals surface area contributed by atoms with Crippen molar-refractivity contribution in [3.05, 3.63) is 58.9 Å². The van der Waals surface area contributed by atoms with Gasteiger partial charge >= 0.3 is 0 Å². The number of hydrogen-bond acceptors (Lipinski definition) is 4. The molecule has 33 heavy (non-hydrogen) atoms. The number of H-pyrrole nitrogens is 1. The van der Waals surface area contributed by atoms with E-state index in [1.165, 1.54) is 6.42 Å². The van der Waals surface area contributed by atoms with Gasteiger partial charge in [-0.15, -0.1) is 0 Å². The van der Waals surface area contributed by atoms with E-state index in [0.29, 0.717) is 18.8 Å². The van der Waals surface area contributed by atoms with Crippen LogP contribution in [0.15, 0.2) is 36.4 Å².